The lowest BCUT2D eigenvalue weighted by molar-refractivity contribution is -0.140. The Kier molecular flexibility index (Phi) is 7.32. The van der Waals surface area contributed by atoms with Crippen LogP contribution >= 0.6 is 15.9 Å². The number of methoxy groups -OCH3 is 1. The minimum absolute atomic E-state index is 0.0808. The highest BCUT2D eigenvalue weighted by molar-refractivity contribution is 9.10. The van der Waals surface area contributed by atoms with Gasteiger partial charge in [0.25, 0.3) is 0 Å². The number of carbonyl (C=O) groups excluding carboxylic acids is 1. The summed E-state index contributed by atoms with van der Waals surface area (Å²) in [5.41, 5.74) is 4.06. The minimum Gasteiger partial charge on any atom is -0.493 e. The summed E-state index contributed by atoms with van der Waals surface area (Å²) in [6.07, 6.45) is 1.03. The smallest absolute Gasteiger partial charge is 0.305 e. The summed E-state index contributed by atoms with van der Waals surface area (Å²) in [5, 5.41) is 0. The number of hydrogen-bond donors (Lipinski definition) is 0. The molecule has 0 aliphatic carbocycles. The van der Waals surface area contributed by atoms with Crippen LogP contribution in [0.2, 0.25) is 0 Å². The Morgan fingerprint density at radius 2 is 1.90 bits per heavy atom. The Bertz CT molecular complexity index is 1010. The number of aryl methyl sites for hydroxylation is 3. The maximum atomic E-state index is 11.3. The fourth-order valence-corrected chi connectivity index (χ4v) is 3.52. The van der Waals surface area contributed by atoms with Crippen molar-refractivity contribution in [1.29, 1.82) is 0 Å². The molecule has 0 amide bonds. The first-order chi connectivity index (χ1) is 14.4. The largest absolute Gasteiger partial charge is 0.493 e. The Hall–Kier alpha value is -2.60. The Morgan fingerprint density at radius 3 is 2.57 bits per heavy atom. The second-order valence-corrected chi connectivity index (χ2v) is 8.26. The topological polar surface area (TPSA) is 61.6 Å². The second-order valence-electron chi connectivity index (χ2n) is 7.34. The van der Waals surface area contributed by atoms with Crippen LogP contribution in [-0.4, -0.2) is 24.7 Å². The Labute approximate surface area is 185 Å². The van der Waals surface area contributed by atoms with Crippen molar-refractivity contribution in [2.45, 2.75) is 39.5 Å². The van der Waals surface area contributed by atoms with Gasteiger partial charge >= 0.3 is 5.97 Å². The molecule has 3 rings (SSSR count). The SMILES string of the molecule is COC(=O)CCc1ccc(OCC(C)c2nc(-c3ccc(Br)cc3)oc2C)cc1C. The van der Waals surface area contributed by atoms with E-state index in [1.165, 1.54) is 7.11 Å². The lowest BCUT2D eigenvalue weighted by Gasteiger charge is -2.13. The van der Waals surface area contributed by atoms with Crippen molar-refractivity contribution in [3.05, 3.63) is 69.5 Å². The minimum atomic E-state index is -0.200. The van der Waals surface area contributed by atoms with Gasteiger partial charge < -0.3 is 13.9 Å². The van der Waals surface area contributed by atoms with Crippen LogP contribution in [0.1, 0.15) is 41.8 Å². The molecule has 0 aliphatic heterocycles. The molecule has 6 heteroatoms. The van der Waals surface area contributed by atoms with E-state index in [1.54, 1.807) is 0 Å². The van der Waals surface area contributed by atoms with Crippen molar-refractivity contribution in [2.75, 3.05) is 13.7 Å². The summed E-state index contributed by atoms with van der Waals surface area (Å²) in [7, 11) is 1.41. The van der Waals surface area contributed by atoms with E-state index >= 15 is 0 Å². The molecule has 0 spiro atoms. The van der Waals surface area contributed by atoms with E-state index in [0.717, 1.165) is 38.4 Å². The Morgan fingerprint density at radius 1 is 1.17 bits per heavy atom. The number of ether oxygens (including phenoxy) is 2. The van der Waals surface area contributed by atoms with Crippen LogP contribution in [0, 0.1) is 13.8 Å². The van der Waals surface area contributed by atoms with E-state index < -0.39 is 0 Å². The van der Waals surface area contributed by atoms with Crippen molar-refractivity contribution in [3.8, 4) is 17.2 Å². The number of halogens is 1. The van der Waals surface area contributed by atoms with Crippen LogP contribution in [0.25, 0.3) is 11.5 Å². The maximum absolute atomic E-state index is 11.3. The van der Waals surface area contributed by atoms with Gasteiger partial charge in [0.1, 0.15) is 11.5 Å². The van der Waals surface area contributed by atoms with Crippen molar-refractivity contribution in [3.63, 3.8) is 0 Å². The monoisotopic (exact) mass is 471 g/mol. The molecule has 158 valence electrons. The van der Waals surface area contributed by atoms with Gasteiger partial charge in [0, 0.05) is 22.4 Å². The highest BCUT2D eigenvalue weighted by Gasteiger charge is 2.18. The maximum Gasteiger partial charge on any atom is 0.305 e. The first-order valence-corrected chi connectivity index (χ1v) is 10.7. The quantitative estimate of drug-likeness (QED) is 0.376. The van der Waals surface area contributed by atoms with Crippen LogP contribution in [0.15, 0.2) is 51.4 Å². The molecular weight excluding hydrogens is 446 g/mol. The highest BCUT2D eigenvalue weighted by Crippen LogP contribution is 2.28. The number of esters is 1. The van der Waals surface area contributed by atoms with Gasteiger partial charge in [0.05, 0.1) is 19.4 Å². The predicted octanol–water partition coefficient (Wildman–Crippen LogP) is 6.01. The average molecular weight is 472 g/mol. The van der Waals surface area contributed by atoms with Gasteiger partial charge in [-0.05, 0) is 67.8 Å². The van der Waals surface area contributed by atoms with E-state index in [2.05, 4.69) is 22.9 Å². The molecule has 0 aliphatic rings. The lowest BCUT2D eigenvalue weighted by Crippen LogP contribution is -2.09. The molecule has 30 heavy (non-hydrogen) atoms. The summed E-state index contributed by atoms with van der Waals surface area (Å²) >= 11 is 3.44. The number of carbonyl (C=O) groups is 1. The fraction of sp³-hybridized carbons (Fsp3) is 0.333. The number of aromatic nitrogens is 1. The number of nitrogens with zero attached hydrogens (tertiary/aromatic N) is 1. The van der Waals surface area contributed by atoms with E-state index in [9.17, 15) is 4.79 Å². The van der Waals surface area contributed by atoms with Gasteiger partial charge in [-0.15, -0.1) is 0 Å². The van der Waals surface area contributed by atoms with Crippen LogP contribution in [-0.2, 0) is 16.0 Å². The Balaban J connectivity index is 1.63. The molecule has 1 aromatic heterocycles. The number of rotatable bonds is 8. The van der Waals surface area contributed by atoms with Crippen LogP contribution in [0.5, 0.6) is 5.75 Å². The van der Waals surface area contributed by atoms with Gasteiger partial charge in [-0.2, -0.15) is 0 Å². The van der Waals surface area contributed by atoms with Crippen LogP contribution in [0.4, 0.5) is 0 Å². The molecule has 0 fully saturated rings. The number of oxazole rings is 1. The molecule has 0 radical (unpaired) electrons. The molecular formula is C24H26BrNO4. The second kappa shape index (κ2) is 9.94. The molecule has 1 heterocycles. The molecule has 1 atom stereocenters. The zero-order chi connectivity index (χ0) is 21.7. The summed E-state index contributed by atoms with van der Waals surface area (Å²) in [4.78, 5) is 16.0. The van der Waals surface area contributed by atoms with Crippen molar-refractivity contribution >= 4 is 21.9 Å². The third-order valence-electron chi connectivity index (χ3n) is 5.03. The first-order valence-electron chi connectivity index (χ1n) is 9.89. The van der Waals surface area contributed by atoms with Crippen LogP contribution in [0.3, 0.4) is 0 Å². The number of benzene rings is 2. The molecule has 0 bridgehead atoms. The molecule has 0 saturated carbocycles. The zero-order valence-corrected chi connectivity index (χ0v) is 19.3. The first kappa shape index (κ1) is 22.1. The third kappa shape index (κ3) is 5.51. The standard InChI is InChI=1S/C24H26BrNO4/c1-15-13-21(11-7-18(15)8-12-22(27)28-4)29-14-16(2)23-17(3)30-24(26-23)19-5-9-20(25)10-6-19/h5-7,9-11,13,16H,8,12,14H2,1-4H3. The van der Waals surface area contributed by atoms with Gasteiger partial charge in [0.15, 0.2) is 0 Å². The average Bonchev–Trinajstić information content (AvgIpc) is 3.13. The molecule has 0 saturated heterocycles. The van der Waals surface area contributed by atoms with Gasteiger partial charge in [-0.1, -0.05) is 28.9 Å². The van der Waals surface area contributed by atoms with E-state index in [1.807, 2.05) is 56.3 Å². The third-order valence-corrected chi connectivity index (χ3v) is 5.56. The van der Waals surface area contributed by atoms with E-state index in [4.69, 9.17) is 18.9 Å². The van der Waals surface area contributed by atoms with E-state index in [-0.39, 0.29) is 11.9 Å². The summed E-state index contributed by atoms with van der Waals surface area (Å²) < 4.78 is 17.6. The van der Waals surface area contributed by atoms with E-state index in [0.29, 0.717) is 25.3 Å². The normalized spacial score (nSPS) is 11.9. The van der Waals surface area contributed by atoms with Gasteiger partial charge in [0.2, 0.25) is 5.89 Å². The molecule has 1 unspecified atom stereocenters. The van der Waals surface area contributed by atoms with Crippen molar-refractivity contribution < 1.29 is 18.7 Å². The van der Waals surface area contributed by atoms with Crippen molar-refractivity contribution in [1.82, 2.24) is 4.98 Å². The molecule has 0 N–H and O–H groups in total. The van der Waals surface area contributed by atoms with Gasteiger partial charge in [-0.3, -0.25) is 4.79 Å². The van der Waals surface area contributed by atoms with Gasteiger partial charge in [-0.25, -0.2) is 4.98 Å². The highest BCUT2D eigenvalue weighted by atomic mass is 79.9. The summed E-state index contributed by atoms with van der Waals surface area (Å²) in [6, 6.07) is 13.8. The predicted molar refractivity (Wildman–Crippen MR) is 120 cm³/mol. The number of hydrogen-bond acceptors (Lipinski definition) is 5. The molecule has 2 aromatic carbocycles. The van der Waals surface area contributed by atoms with Crippen molar-refractivity contribution in [2.24, 2.45) is 0 Å². The fourth-order valence-electron chi connectivity index (χ4n) is 3.26. The molecule has 5 nitrogen and oxygen atoms in total. The summed E-state index contributed by atoms with van der Waals surface area (Å²) in [5.74, 6) is 2.10. The lowest BCUT2D eigenvalue weighted by atomic mass is 10.0. The summed E-state index contributed by atoms with van der Waals surface area (Å²) in [6.45, 7) is 6.53. The van der Waals surface area contributed by atoms with Crippen LogP contribution < -0.4 is 4.74 Å². The molecule has 3 aromatic rings. The zero-order valence-electron chi connectivity index (χ0n) is 17.7.